The molecule has 4 nitrogen and oxygen atoms in total. The van der Waals surface area contributed by atoms with Crippen LogP contribution in [-0.2, 0) is 9.53 Å². The highest BCUT2D eigenvalue weighted by atomic mass is 16.6. The molecule has 4 heteroatoms. The Hall–Kier alpha value is -1.06. The second-order valence-corrected chi connectivity index (χ2v) is 5.73. The van der Waals surface area contributed by atoms with E-state index in [4.69, 9.17) is 4.74 Å². The van der Waals surface area contributed by atoms with Crippen LogP contribution in [0.15, 0.2) is 0 Å². The second-order valence-electron chi connectivity index (χ2n) is 5.73. The number of hydrogen-bond donors (Lipinski definition) is 1. The van der Waals surface area contributed by atoms with Crippen molar-refractivity contribution < 1.29 is 14.3 Å². The van der Waals surface area contributed by atoms with E-state index >= 15 is 0 Å². The zero-order valence-corrected chi connectivity index (χ0v) is 11.0. The zero-order chi connectivity index (χ0) is 12.9. The largest absolute Gasteiger partial charge is 0.444 e. The molecule has 17 heavy (non-hydrogen) atoms. The molecule has 0 unspecified atom stereocenters. The van der Waals surface area contributed by atoms with E-state index in [-0.39, 0.29) is 12.3 Å². The first-order chi connectivity index (χ1) is 7.87. The van der Waals surface area contributed by atoms with Gasteiger partial charge in [0.15, 0.2) is 5.78 Å². The third kappa shape index (κ3) is 6.29. The van der Waals surface area contributed by atoms with E-state index in [0.717, 1.165) is 12.3 Å². The highest BCUT2D eigenvalue weighted by Crippen LogP contribution is 2.30. The molecule has 1 aliphatic rings. The first kappa shape index (κ1) is 14.0. The van der Waals surface area contributed by atoms with Gasteiger partial charge in [0.1, 0.15) is 5.60 Å². The van der Waals surface area contributed by atoms with Crippen molar-refractivity contribution in [3.05, 3.63) is 0 Å². The maximum atomic E-state index is 11.5. The molecule has 1 N–H and O–H groups in total. The van der Waals surface area contributed by atoms with E-state index < -0.39 is 11.7 Å². The number of nitrogens with one attached hydrogen (secondary N) is 1. The van der Waals surface area contributed by atoms with Crippen LogP contribution in [0, 0.1) is 5.92 Å². The molecular formula is C13H23NO3. The van der Waals surface area contributed by atoms with Gasteiger partial charge >= 0.3 is 6.09 Å². The summed E-state index contributed by atoms with van der Waals surface area (Å²) in [5, 5.41) is 2.49. The topological polar surface area (TPSA) is 55.4 Å². The minimum Gasteiger partial charge on any atom is -0.444 e. The molecule has 0 spiro atoms. The van der Waals surface area contributed by atoms with Gasteiger partial charge in [-0.05, 0) is 33.1 Å². The molecule has 0 aromatic carbocycles. The lowest BCUT2D eigenvalue weighted by atomic mass is 9.82. The molecule has 0 saturated heterocycles. The van der Waals surface area contributed by atoms with Crippen molar-refractivity contribution in [2.75, 3.05) is 6.54 Å². The van der Waals surface area contributed by atoms with Gasteiger partial charge in [0.05, 0.1) is 6.54 Å². The molecular weight excluding hydrogens is 218 g/mol. The lowest BCUT2D eigenvalue weighted by Gasteiger charge is -2.24. The highest BCUT2D eigenvalue weighted by Gasteiger charge is 2.19. The molecule has 1 aliphatic carbocycles. The summed E-state index contributed by atoms with van der Waals surface area (Å²) >= 11 is 0. The molecule has 0 radical (unpaired) electrons. The molecule has 0 aromatic rings. The SMILES string of the molecule is CC(C)(C)OC(=O)NCC(=O)CCC1CCC1. The standard InChI is InChI=1S/C13H23NO3/c1-13(2,3)17-12(16)14-9-11(15)8-7-10-5-4-6-10/h10H,4-9H2,1-3H3,(H,14,16). The third-order valence-electron chi connectivity index (χ3n) is 2.88. The Bertz CT molecular complexity index is 277. The number of carbonyl (C=O) groups excluding carboxylic acids is 2. The minimum atomic E-state index is -0.519. The highest BCUT2D eigenvalue weighted by molar-refractivity contribution is 5.83. The molecule has 0 bridgehead atoms. The maximum Gasteiger partial charge on any atom is 0.408 e. The molecule has 0 aliphatic heterocycles. The van der Waals surface area contributed by atoms with Crippen molar-refractivity contribution in [3.63, 3.8) is 0 Å². The number of carbonyl (C=O) groups is 2. The lowest BCUT2D eigenvalue weighted by Crippen LogP contribution is -2.35. The molecule has 0 aromatic heterocycles. The lowest BCUT2D eigenvalue weighted by molar-refractivity contribution is -0.118. The van der Waals surface area contributed by atoms with Crippen LogP contribution in [-0.4, -0.2) is 24.0 Å². The van der Waals surface area contributed by atoms with Crippen molar-refractivity contribution in [2.45, 2.75) is 58.5 Å². The fourth-order valence-corrected chi connectivity index (χ4v) is 1.72. The fraction of sp³-hybridized carbons (Fsp3) is 0.846. The number of rotatable bonds is 5. The average Bonchev–Trinajstić information content (AvgIpc) is 2.09. The minimum absolute atomic E-state index is 0.0850. The van der Waals surface area contributed by atoms with E-state index in [1.807, 2.05) is 0 Å². The molecule has 0 atom stereocenters. The molecule has 98 valence electrons. The predicted molar refractivity (Wildman–Crippen MR) is 65.8 cm³/mol. The Morgan fingerprint density at radius 2 is 1.94 bits per heavy atom. The summed E-state index contributed by atoms with van der Waals surface area (Å²) in [6.07, 6.45) is 4.83. The number of Topliss-reactive ketones (excluding diaryl/α,β-unsaturated/α-hetero) is 1. The van der Waals surface area contributed by atoms with E-state index in [9.17, 15) is 9.59 Å². The second kappa shape index (κ2) is 6.03. The van der Waals surface area contributed by atoms with Crippen LogP contribution in [0.2, 0.25) is 0 Å². The Labute approximate surface area is 103 Å². The number of ether oxygens (including phenoxy) is 1. The van der Waals surface area contributed by atoms with Crippen LogP contribution in [0.3, 0.4) is 0 Å². The molecule has 1 rings (SSSR count). The van der Waals surface area contributed by atoms with E-state index in [1.165, 1.54) is 19.3 Å². The van der Waals surface area contributed by atoms with Crippen LogP contribution < -0.4 is 5.32 Å². The first-order valence-electron chi connectivity index (χ1n) is 6.35. The van der Waals surface area contributed by atoms with Crippen LogP contribution >= 0.6 is 0 Å². The van der Waals surface area contributed by atoms with E-state index in [0.29, 0.717) is 6.42 Å². The Morgan fingerprint density at radius 3 is 2.41 bits per heavy atom. The van der Waals surface area contributed by atoms with Gasteiger partial charge < -0.3 is 10.1 Å². The summed E-state index contributed by atoms with van der Waals surface area (Å²) in [5.74, 6) is 0.822. The van der Waals surface area contributed by atoms with E-state index in [1.54, 1.807) is 20.8 Å². The Balaban J connectivity index is 2.08. The van der Waals surface area contributed by atoms with Gasteiger partial charge in [-0.1, -0.05) is 19.3 Å². The van der Waals surface area contributed by atoms with Gasteiger partial charge in [0.25, 0.3) is 0 Å². The molecule has 1 amide bonds. The van der Waals surface area contributed by atoms with E-state index in [2.05, 4.69) is 5.32 Å². The summed E-state index contributed by atoms with van der Waals surface area (Å²) in [6.45, 7) is 5.47. The molecule has 0 heterocycles. The van der Waals surface area contributed by atoms with Gasteiger partial charge in [-0.25, -0.2) is 4.79 Å². The van der Waals surface area contributed by atoms with Gasteiger partial charge in [-0.3, -0.25) is 4.79 Å². The van der Waals surface area contributed by atoms with Crippen molar-refractivity contribution in [2.24, 2.45) is 5.92 Å². The Kier molecular flexibility index (Phi) is 4.97. The monoisotopic (exact) mass is 241 g/mol. The van der Waals surface area contributed by atoms with Crippen molar-refractivity contribution in [3.8, 4) is 0 Å². The maximum absolute atomic E-state index is 11.5. The van der Waals surface area contributed by atoms with Crippen molar-refractivity contribution in [1.29, 1.82) is 0 Å². The fourth-order valence-electron chi connectivity index (χ4n) is 1.72. The Morgan fingerprint density at radius 1 is 1.29 bits per heavy atom. The summed E-state index contributed by atoms with van der Waals surface area (Å²) in [6, 6.07) is 0. The van der Waals surface area contributed by atoms with Crippen LogP contribution in [0.5, 0.6) is 0 Å². The normalized spacial score (nSPS) is 16.2. The average molecular weight is 241 g/mol. The molecule has 1 saturated carbocycles. The van der Waals surface area contributed by atoms with Gasteiger partial charge in [-0.15, -0.1) is 0 Å². The number of hydrogen-bond acceptors (Lipinski definition) is 3. The third-order valence-corrected chi connectivity index (χ3v) is 2.88. The van der Waals surface area contributed by atoms with Gasteiger partial charge in [-0.2, -0.15) is 0 Å². The number of ketones is 1. The van der Waals surface area contributed by atoms with Crippen LogP contribution in [0.4, 0.5) is 4.79 Å². The summed E-state index contributed by atoms with van der Waals surface area (Å²) < 4.78 is 5.04. The summed E-state index contributed by atoms with van der Waals surface area (Å²) in [5.41, 5.74) is -0.515. The van der Waals surface area contributed by atoms with Crippen LogP contribution in [0.25, 0.3) is 0 Å². The molecule has 1 fully saturated rings. The summed E-state index contributed by atoms with van der Waals surface area (Å²) in [7, 11) is 0. The summed E-state index contributed by atoms with van der Waals surface area (Å²) in [4.78, 5) is 22.8. The first-order valence-corrected chi connectivity index (χ1v) is 6.35. The van der Waals surface area contributed by atoms with Crippen molar-refractivity contribution >= 4 is 11.9 Å². The van der Waals surface area contributed by atoms with Gasteiger partial charge in [0, 0.05) is 6.42 Å². The number of alkyl carbamates (subject to hydrolysis) is 1. The predicted octanol–water partition coefficient (Wildman–Crippen LogP) is 2.66. The smallest absolute Gasteiger partial charge is 0.408 e. The van der Waals surface area contributed by atoms with Gasteiger partial charge in [0.2, 0.25) is 0 Å². The van der Waals surface area contributed by atoms with Crippen LogP contribution in [0.1, 0.15) is 52.9 Å². The number of amides is 1. The van der Waals surface area contributed by atoms with Crippen molar-refractivity contribution in [1.82, 2.24) is 5.32 Å². The zero-order valence-electron chi connectivity index (χ0n) is 11.0. The quantitative estimate of drug-likeness (QED) is 0.805.